The van der Waals surface area contributed by atoms with Crippen LogP contribution in [0.15, 0.2) is 130 Å². The summed E-state index contributed by atoms with van der Waals surface area (Å²) in [6.07, 6.45) is 32.6. The van der Waals surface area contributed by atoms with Gasteiger partial charge in [0.1, 0.15) is 0 Å². The van der Waals surface area contributed by atoms with Crippen molar-refractivity contribution in [3.05, 3.63) is 130 Å². The summed E-state index contributed by atoms with van der Waals surface area (Å²) < 4.78 is 0. The maximum atomic E-state index is 10.4. The van der Waals surface area contributed by atoms with Gasteiger partial charge in [0.2, 0.25) is 0 Å². The fourth-order valence-electron chi connectivity index (χ4n) is 5.86. The second kappa shape index (κ2) is 16.1. The van der Waals surface area contributed by atoms with Gasteiger partial charge in [0.05, 0.1) is 12.2 Å². The monoisotopic (exact) mass is 568 g/mol. The van der Waals surface area contributed by atoms with E-state index >= 15 is 0 Å². The van der Waals surface area contributed by atoms with Crippen molar-refractivity contribution in [1.82, 2.24) is 0 Å². The van der Waals surface area contributed by atoms with Crippen LogP contribution in [0.3, 0.4) is 0 Å². The third-order valence-electron chi connectivity index (χ3n) is 8.61. The highest BCUT2D eigenvalue weighted by Gasteiger charge is 2.40. The van der Waals surface area contributed by atoms with Crippen LogP contribution in [0.1, 0.15) is 94.9 Å². The molecule has 2 aliphatic carbocycles. The van der Waals surface area contributed by atoms with Gasteiger partial charge < -0.3 is 10.2 Å². The van der Waals surface area contributed by atoms with E-state index in [2.05, 4.69) is 134 Å². The summed E-state index contributed by atoms with van der Waals surface area (Å²) in [5, 5.41) is 20.6. The average molecular weight is 569 g/mol. The Morgan fingerprint density at radius 2 is 1.10 bits per heavy atom. The van der Waals surface area contributed by atoms with E-state index in [1.807, 2.05) is 20.8 Å². The van der Waals surface area contributed by atoms with Crippen LogP contribution in [0.25, 0.3) is 0 Å². The molecule has 0 aromatic heterocycles. The normalized spacial score (nSPS) is 25.0. The Balaban J connectivity index is 1.91. The second-order valence-electron chi connectivity index (χ2n) is 13.5. The van der Waals surface area contributed by atoms with Crippen LogP contribution in [0.2, 0.25) is 0 Å². The molecule has 0 amide bonds. The van der Waals surface area contributed by atoms with E-state index in [0.29, 0.717) is 6.42 Å². The summed E-state index contributed by atoms with van der Waals surface area (Å²) in [7, 11) is 0. The summed E-state index contributed by atoms with van der Waals surface area (Å²) in [5.41, 5.74) is 9.83. The lowest BCUT2D eigenvalue weighted by Crippen LogP contribution is -2.44. The Morgan fingerprint density at radius 3 is 1.60 bits per heavy atom. The van der Waals surface area contributed by atoms with E-state index in [4.69, 9.17) is 0 Å². The molecule has 228 valence electrons. The van der Waals surface area contributed by atoms with Gasteiger partial charge in [0, 0.05) is 5.41 Å². The Morgan fingerprint density at radius 1 is 0.643 bits per heavy atom. The maximum absolute atomic E-state index is 10.4. The van der Waals surface area contributed by atoms with Crippen LogP contribution in [-0.2, 0) is 0 Å². The highest BCUT2D eigenvalue weighted by atomic mass is 16.3. The molecular formula is C40H56O2. The zero-order valence-corrected chi connectivity index (χ0v) is 28.0. The van der Waals surface area contributed by atoms with Crippen LogP contribution < -0.4 is 0 Å². The number of rotatable bonds is 10. The van der Waals surface area contributed by atoms with E-state index in [9.17, 15) is 10.2 Å². The molecule has 0 aromatic rings. The first-order valence-corrected chi connectivity index (χ1v) is 15.5. The van der Waals surface area contributed by atoms with Gasteiger partial charge in [0.15, 0.2) is 0 Å². The molecule has 0 bridgehead atoms. The molecule has 2 heteroatoms. The fourth-order valence-corrected chi connectivity index (χ4v) is 5.86. The molecule has 0 heterocycles. The first kappa shape index (κ1) is 35.3. The van der Waals surface area contributed by atoms with E-state index < -0.39 is 17.6 Å². The van der Waals surface area contributed by atoms with Crippen LogP contribution in [0.5, 0.6) is 0 Å². The molecule has 0 spiro atoms. The van der Waals surface area contributed by atoms with E-state index in [0.717, 1.165) is 16.7 Å². The number of allylic oxidation sites excluding steroid dienone is 20. The van der Waals surface area contributed by atoms with Crippen molar-refractivity contribution < 1.29 is 10.2 Å². The van der Waals surface area contributed by atoms with Crippen LogP contribution >= 0.6 is 0 Å². The molecule has 0 fully saturated rings. The lowest BCUT2D eigenvalue weighted by atomic mass is 9.69. The standard InChI is InChI=1S/C40H56O2/c1-29(18-13-20-31(3)23-25-35-33(5)22-15-27-39(35,7)8)16-11-12-17-30(2)19-14-21-32(4)24-26-36-34(6)28-37(41)38(42)40(36,9)10/h11-14,16-21,23-26,37-38,41-42H,15,22,27-28H2,1-10H3. The minimum atomic E-state index is -0.754. The molecular weight excluding hydrogens is 512 g/mol. The predicted octanol–water partition coefficient (Wildman–Crippen LogP) is 10.5. The zero-order valence-electron chi connectivity index (χ0n) is 28.0. The molecule has 0 aromatic carbocycles. The topological polar surface area (TPSA) is 40.5 Å². The highest BCUT2D eigenvalue weighted by molar-refractivity contribution is 5.40. The second-order valence-corrected chi connectivity index (χ2v) is 13.5. The average Bonchev–Trinajstić information content (AvgIpc) is 2.89. The molecule has 2 atom stereocenters. The zero-order chi connectivity index (χ0) is 31.5. The molecule has 2 aliphatic rings. The molecule has 42 heavy (non-hydrogen) atoms. The third-order valence-corrected chi connectivity index (χ3v) is 8.61. The largest absolute Gasteiger partial charge is 0.390 e. The van der Waals surface area contributed by atoms with E-state index in [1.54, 1.807) is 0 Å². The minimum absolute atomic E-state index is 0.276. The summed E-state index contributed by atoms with van der Waals surface area (Å²) in [4.78, 5) is 0. The summed E-state index contributed by atoms with van der Waals surface area (Å²) in [6.45, 7) is 21.5. The van der Waals surface area contributed by atoms with Crippen molar-refractivity contribution in [3.63, 3.8) is 0 Å². The Bertz CT molecular complexity index is 1290. The summed E-state index contributed by atoms with van der Waals surface area (Å²) >= 11 is 0. The molecule has 0 aliphatic heterocycles. The van der Waals surface area contributed by atoms with E-state index in [1.165, 1.54) is 47.1 Å². The molecule has 2 unspecified atom stereocenters. The van der Waals surface area contributed by atoms with Gasteiger partial charge in [-0.05, 0) is 83.8 Å². The Kier molecular flexibility index (Phi) is 13.5. The van der Waals surface area contributed by atoms with Crippen molar-refractivity contribution in [1.29, 1.82) is 0 Å². The number of aliphatic hydroxyl groups is 2. The molecule has 2 N–H and O–H groups in total. The molecule has 0 saturated heterocycles. The van der Waals surface area contributed by atoms with Gasteiger partial charge >= 0.3 is 0 Å². The Hall–Kier alpha value is -2.94. The lowest BCUT2D eigenvalue weighted by Gasteiger charge is -2.40. The van der Waals surface area contributed by atoms with Gasteiger partial charge in [0.25, 0.3) is 0 Å². The van der Waals surface area contributed by atoms with Gasteiger partial charge in [-0.2, -0.15) is 0 Å². The lowest BCUT2D eigenvalue weighted by molar-refractivity contribution is -0.0439. The predicted molar refractivity (Wildman–Crippen MR) is 184 cm³/mol. The first-order valence-electron chi connectivity index (χ1n) is 15.5. The van der Waals surface area contributed by atoms with Crippen molar-refractivity contribution in [2.75, 3.05) is 0 Å². The van der Waals surface area contributed by atoms with Crippen LogP contribution in [-0.4, -0.2) is 22.4 Å². The molecule has 2 nitrogen and oxygen atoms in total. The van der Waals surface area contributed by atoms with Crippen molar-refractivity contribution >= 4 is 0 Å². The Labute approximate surface area is 257 Å². The fraction of sp³-hybridized carbons (Fsp3) is 0.450. The number of hydrogen-bond donors (Lipinski definition) is 2. The number of aliphatic hydroxyl groups excluding tert-OH is 2. The molecule has 2 rings (SSSR count). The van der Waals surface area contributed by atoms with E-state index in [-0.39, 0.29) is 5.41 Å². The minimum Gasteiger partial charge on any atom is -0.390 e. The third kappa shape index (κ3) is 10.7. The van der Waals surface area contributed by atoms with Gasteiger partial charge in [-0.15, -0.1) is 0 Å². The number of hydrogen-bond acceptors (Lipinski definition) is 2. The maximum Gasteiger partial charge on any atom is 0.0893 e. The van der Waals surface area contributed by atoms with Gasteiger partial charge in [-0.25, -0.2) is 0 Å². The van der Waals surface area contributed by atoms with Crippen LogP contribution in [0.4, 0.5) is 0 Å². The van der Waals surface area contributed by atoms with Crippen molar-refractivity contribution in [2.24, 2.45) is 10.8 Å². The highest BCUT2D eigenvalue weighted by Crippen LogP contribution is 2.42. The first-order chi connectivity index (χ1) is 19.6. The van der Waals surface area contributed by atoms with Gasteiger partial charge in [-0.3, -0.25) is 0 Å². The van der Waals surface area contributed by atoms with Crippen LogP contribution in [0, 0.1) is 10.8 Å². The summed E-state index contributed by atoms with van der Waals surface area (Å²) in [5.74, 6) is 0. The van der Waals surface area contributed by atoms with Crippen molar-refractivity contribution in [2.45, 2.75) is 107 Å². The molecule has 0 saturated carbocycles. The van der Waals surface area contributed by atoms with Crippen molar-refractivity contribution in [3.8, 4) is 0 Å². The quantitative estimate of drug-likeness (QED) is 0.257. The van der Waals surface area contributed by atoms with Gasteiger partial charge in [-0.1, -0.05) is 146 Å². The summed E-state index contributed by atoms with van der Waals surface area (Å²) in [6, 6.07) is 0. The smallest absolute Gasteiger partial charge is 0.0893 e. The molecule has 0 radical (unpaired) electrons. The SMILES string of the molecule is CC(C=CC=C(C)C=CC1=C(C)CCCC1(C)C)=CC=CC=C(C)C=CC=C(C)C=CC1=C(C)CC(O)C(O)C1(C)C.